The Morgan fingerprint density at radius 2 is 1.37 bits per heavy atom. The molecule has 0 aromatic carbocycles. The van der Waals surface area contributed by atoms with E-state index in [0.717, 1.165) is 25.7 Å². The molecule has 4 atom stereocenters. The van der Waals surface area contributed by atoms with Gasteiger partial charge < -0.3 is 25.2 Å². The van der Waals surface area contributed by atoms with Crippen molar-refractivity contribution in [2.24, 2.45) is 0 Å². The van der Waals surface area contributed by atoms with Crippen LogP contribution >= 0.6 is 0 Å². The summed E-state index contributed by atoms with van der Waals surface area (Å²) in [6.45, 7) is 2.21. The Balaban J connectivity index is 2.19. The van der Waals surface area contributed by atoms with Crippen molar-refractivity contribution in [1.82, 2.24) is 0 Å². The van der Waals surface area contributed by atoms with E-state index in [2.05, 4.69) is 6.92 Å². The van der Waals surface area contributed by atoms with Gasteiger partial charge in [-0.3, -0.25) is 0 Å². The maximum Gasteiger partial charge on any atom is 0.339 e. The zero-order valence-electron chi connectivity index (χ0n) is 16.4. The van der Waals surface area contributed by atoms with Crippen LogP contribution in [0.5, 0.6) is 0 Å². The summed E-state index contributed by atoms with van der Waals surface area (Å²) < 4.78 is 4.70. The summed E-state index contributed by atoms with van der Waals surface area (Å²) >= 11 is 0. The molecule has 7 heteroatoms. The molecule has 0 bridgehead atoms. The Bertz CT molecular complexity index is 454. The zero-order chi connectivity index (χ0) is 20.3. The summed E-state index contributed by atoms with van der Waals surface area (Å²) in [5.74, 6) is -2.67. The minimum atomic E-state index is -2.38. The maximum atomic E-state index is 11.5. The molecule has 1 heterocycles. The predicted octanol–water partition coefficient (Wildman–Crippen LogP) is 2.54. The fourth-order valence-electron chi connectivity index (χ4n) is 3.56. The minimum Gasteiger partial charge on any atom is -0.479 e. The number of aliphatic hydroxyl groups is 3. The van der Waals surface area contributed by atoms with Gasteiger partial charge in [0.15, 0.2) is 12.2 Å². The van der Waals surface area contributed by atoms with Gasteiger partial charge in [0.1, 0.15) is 6.10 Å². The molecular weight excluding hydrogens is 352 g/mol. The number of carbonyl (C=O) groups excluding carboxylic acids is 1. The highest BCUT2D eigenvalue weighted by atomic mass is 16.6. The van der Waals surface area contributed by atoms with E-state index < -0.39 is 35.9 Å². The van der Waals surface area contributed by atoms with Crippen LogP contribution in [0.1, 0.15) is 90.4 Å². The lowest BCUT2D eigenvalue weighted by Crippen LogP contribution is -2.54. The topological polar surface area (TPSA) is 124 Å². The minimum absolute atomic E-state index is 0.137. The summed E-state index contributed by atoms with van der Waals surface area (Å²) in [5.41, 5.74) is -2.38. The van der Waals surface area contributed by atoms with Crippen LogP contribution in [0.3, 0.4) is 0 Å². The van der Waals surface area contributed by atoms with E-state index in [-0.39, 0.29) is 6.42 Å². The highest BCUT2D eigenvalue weighted by molar-refractivity contribution is 5.83. The van der Waals surface area contributed by atoms with Crippen molar-refractivity contribution in [1.29, 1.82) is 0 Å². The standard InChI is InChI=1S/C20H36O7/c1-2-3-4-5-6-7-8-9-10-11-12-13-14-20(26,19(24)25)17-15(21)16(22)18(23)27-17/h15-17,21-22,26H,2-14H2,1H3,(H,24,25)/t15-,16+,17+,20-/m1/s1. The van der Waals surface area contributed by atoms with E-state index >= 15 is 0 Å². The molecule has 0 unspecified atom stereocenters. The predicted molar refractivity (Wildman–Crippen MR) is 100 cm³/mol. The number of carboxylic acids is 1. The molecule has 27 heavy (non-hydrogen) atoms. The number of aliphatic carboxylic acids is 1. The van der Waals surface area contributed by atoms with Crippen molar-refractivity contribution in [3.05, 3.63) is 0 Å². The second kappa shape index (κ2) is 12.3. The molecule has 0 saturated carbocycles. The number of aliphatic hydroxyl groups excluding tert-OH is 2. The third-order valence-electron chi connectivity index (χ3n) is 5.37. The number of hydrogen-bond donors (Lipinski definition) is 4. The fourth-order valence-corrected chi connectivity index (χ4v) is 3.56. The Hall–Kier alpha value is -1.18. The molecule has 1 aliphatic rings. The molecule has 4 N–H and O–H groups in total. The molecular formula is C20H36O7. The first kappa shape index (κ1) is 23.9. The Labute approximate surface area is 161 Å². The first-order valence-electron chi connectivity index (χ1n) is 10.4. The number of cyclic esters (lactones) is 1. The van der Waals surface area contributed by atoms with Gasteiger partial charge in [0.05, 0.1) is 0 Å². The van der Waals surface area contributed by atoms with E-state index in [4.69, 9.17) is 4.74 Å². The van der Waals surface area contributed by atoms with Crippen LogP contribution in [-0.4, -0.2) is 56.3 Å². The first-order valence-corrected chi connectivity index (χ1v) is 10.4. The van der Waals surface area contributed by atoms with Crippen molar-refractivity contribution in [3.63, 3.8) is 0 Å². The average Bonchev–Trinajstić information content (AvgIpc) is 2.90. The van der Waals surface area contributed by atoms with Crippen molar-refractivity contribution >= 4 is 11.9 Å². The number of carboxylic acid groups (broad SMARTS) is 1. The van der Waals surface area contributed by atoms with Crippen molar-refractivity contribution in [3.8, 4) is 0 Å². The van der Waals surface area contributed by atoms with Crippen molar-refractivity contribution < 1.29 is 34.8 Å². The van der Waals surface area contributed by atoms with Gasteiger partial charge in [-0.1, -0.05) is 77.6 Å². The van der Waals surface area contributed by atoms with E-state index in [1.165, 1.54) is 44.9 Å². The van der Waals surface area contributed by atoms with Gasteiger partial charge in [0.2, 0.25) is 5.60 Å². The lowest BCUT2D eigenvalue weighted by atomic mass is 9.86. The number of hydrogen-bond acceptors (Lipinski definition) is 6. The van der Waals surface area contributed by atoms with E-state index in [1.54, 1.807) is 0 Å². The van der Waals surface area contributed by atoms with Gasteiger partial charge in [0.25, 0.3) is 0 Å². The number of carbonyl (C=O) groups is 2. The lowest BCUT2D eigenvalue weighted by Gasteiger charge is -2.30. The summed E-state index contributed by atoms with van der Waals surface area (Å²) in [5, 5.41) is 38.9. The van der Waals surface area contributed by atoms with Crippen LogP contribution in [0.2, 0.25) is 0 Å². The summed E-state index contributed by atoms with van der Waals surface area (Å²) in [7, 11) is 0. The first-order chi connectivity index (χ1) is 12.8. The summed E-state index contributed by atoms with van der Waals surface area (Å²) in [6, 6.07) is 0. The van der Waals surface area contributed by atoms with Crippen LogP contribution in [0.4, 0.5) is 0 Å². The molecule has 1 aliphatic heterocycles. The molecule has 0 radical (unpaired) electrons. The molecule has 158 valence electrons. The number of esters is 1. The van der Waals surface area contributed by atoms with Gasteiger partial charge in [0, 0.05) is 0 Å². The molecule has 1 saturated heterocycles. The Morgan fingerprint density at radius 1 is 0.926 bits per heavy atom. The maximum absolute atomic E-state index is 11.5. The second-order valence-electron chi connectivity index (χ2n) is 7.66. The molecule has 1 fully saturated rings. The fraction of sp³-hybridized carbons (Fsp3) is 0.900. The van der Waals surface area contributed by atoms with Gasteiger partial charge in [-0.05, 0) is 12.8 Å². The lowest BCUT2D eigenvalue weighted by molar-refractivity contribution is -0.184. The van der Waals surface area contributed by atoms with Crippen LogP contribution in [0.25, 0.3) is 0 Å². The number of rotatable bonds is 15. The third kappa shape index (κ3) is 7.39. The second-order valence-corrected chi connectivity index (χ2v) is 7.66. The van der Waals surface area contributed by atoms with Crippen LogP contribution < -0.4 is 0 Å². The van der Waals surface area contributed by atoms with Crippen molar-refractivity contribution in [2.75, 3.05) is 0 Å². The van der Waals surface area contributed by atoms with Gasteiger partial charge in [-0.2, -0.15) is 0 Å². The molecule has 0 aromatic heterocycles. The summed E-state index contributed by atoms with van der Waals surface area (Å²) in [6.07, 6.45) is 8.01. The van der Waals surface area contributed by atoms with Crippen LogP contribution in [0.15, 0.2) is 0 Å². The average molecular weight is 389 g/mol. The molecule has 1 rings (SSSR count). The molecule has 7 nitrogen and oxygen atoms in total. The monoisotopic (exact) mass is 388 g/mol. The Morgan fingerprint density at radius 3 is 1.74 bits per heavy atom. The number of unbranched alkanes of at least 4 members (excludes halogenated alkanes) is 11. The van der Waals surface area contributed by atoms with Gasteiger partial charge >= 0.3 is 11.9 Å². The SMILES string of the molecule is CCCCCCCCCCCCCC[C@](O)(C(=O)O)[C@H]1OC(=O)[C@@H](O)[C@H]1O. The Kier molecular flexibility index (Phi) is 10.9. The highest BCUT2D eigenvalue weighted by Crippen LogP contribution is 2.30. The third-order valence-corrected chi connectivity index (χ3v) is 5.37. The zero-order valence-corrected chi connectivity index (χ0v) is 16.4. The van der Waals surface area contributed by atoms with E-state index in [0.29, 0.717) is 6.42 Å². The number of ether oxygens (including phenoxy) is 1. The van der Waals surface area contributed by atoms with Crippen molar-refractivity contribution in [2.45, 2.75) is 114 Å². The van der Waals surface area contributed by atoms with Crippen LogP contribution in [0, 0.1) is 0 Å². The normalized spacial score (nSPS) is 24.6. The molecule has 0 aliphatic carbocycles. The molecule has 0 spiro atoms. The van der Waals surface area contributed by atoms with E-state index in [9.17, 15) is 30.0 Å². The molecule has 0 amide bonds. The highest BCUT2D eigenvalue weighted by Gasteiger charge is 2.57. The van der Waals surface area contributed by atoms with Crippen LogP contribution in [-0.2, 0) is 14.3 Å². The van der Waals surface area contributed by atoms with Gasteiger partial charge in [-0.15, -0.1) is 0 Å². The smallest absolute Gasteiger partial charge is 0.339 e. The van der Waals surface area contributed by atoms with E-state index in [1.807, 2.05) is 0 Å². The quantitative estimate of drug-likeness (QED) is 0.251. The largest absolute Gasteiger partial charge is 0.479 e. The molecule has 0 aromatic rings. The van der Waals surface area contributed by atoms with Gasteiger partial charge in [-0.25, -0.2) is 9.59 Å². The summed E-state index contributed by atoms with van der Waals surface area (Å²) in [4.78, 5) is 22.8.